The van der Waals surface area contributed by atoms with Crippen molar-refractivity contribution < 1.29 is 4.79 Å². The predicted molar refractivity (Wildman–Crippen MR) is 85.4 cm³/mol. The monoisotopic (exact) mass is 286 g/mol. The van der Waals surface area contributed by atoms with Gasteiger partial charge in [0, 0.05) is 18.2 Å². The van der Waals surface area contributed by atoms with Crippen molar-refractivity contribution in [3.63, 3.8) is 0 Å². The van der Waals surface area contributed by atoms with Gasteiger partial charge in [-0.2, -0.15) is 0 Å². The summed E-state index contributed by atoms with van der Waals surface area (Å²) in [4.78, 5) is 12.7. The van der Waals surface area contributed by atoms with Crippen molar-refractivity contribution in [1.29, 1.82) is 0 Å². The highest BCUT2D eigenvalue weighted by atomic mass is 16.1. The lowest BCUT2D eigenvalue weighted by Crippen LogP contribution is -2.42. The molecule has 1 aliphatic carbocycles. The van der Waals surface area contributed by atoms with Gasteiger partial charge in [-0.05, 0) is 48.9 Å². The van der Waals surface area contributed by atoms with Crippen LogP contribution in [-0.4, -0.2) is 18.5 Å². The molecule has 0 spiro atoms. The average molecular weight is 286 g/mol. The summed E-state index contributed by atoms with van der Waals surface area (Å²) in [7, 11) is 0. The van der Waals surface area contributed by atoms with E-state index >= 15 is 0 Å². The van der Waals surface area contributed by atoms with Gasteiger partial charge in [-0.15, -0.1) is 0 Å². The van der Waals surface area contributed by atoms with Crippen molar-refractivity contribution in [2.45, 2.75) is 58.0 Å². The molecule has 1 heterocycles. The first-order valence-electron chi connectivity index (χ1n) is 8.42. The second-order valence-corrected chi connectivity index (χ2v) is 6.40. The molecule has 2 N–H and O–H groups in total. The standard InChI is InChI=1S/C18H26N2O/c1-2-13-6-3-4-9-17(13)20-18(21)16-8-5-7-14-12-19-11-10-15(14)16/h5,7-8,13,17,19H,2-4,6,9-12H2,1H3,(H,20,21). The van der Waals surface area contributed by atoms with Gasteiger partial charge in [0.1, 0.15) is 0 Å². The Morgan fingerprint density at radius 3 is 3.05 bits per heavy atom. The largest absolute Gasteiger partial charge is 0.349 e. The lowest BCUT2D eigenvalue weighted by Gasteiger charge is -2.32. The van der Waals surface area contributed by atoms with Crippen molar-refractivity contribution in [3.05, 3.63) is 34.9 Å². The minimum absolute atomic E-state index is 0.138. The molecule has 21 heavy (non-hydrogen) atoms. The van der Waals surface area contributed by atoms with E-state index in [1.807, 2.05) is 12.1 Å². The van der Waals surface area contributed by atoms with Crippen molar-refractivity contribution >= 4 is 5.91 Å². The molecule has 1 aromatic carbocycles. The van der Waals surface area contributed by atoms with Gasteiger partial charge < -0.3 is 10.6 Å². The van der Waals surface area contributed by atoms with Crippen LogP contribution in [0.4, 0.5) is 0 Å². The summed E-state index contributed by atoms with van der Waals surface area (Å²) >= 11 is 0. The lowest BCUT2D eigenvalue weighted by atomic mass is 9.82. The van der Waals surface area contributed by atoms with Crippen LogP contribution in [-0.2, 0) is 13.0 Å². The molecule has 1 saturated carbocycles. The smallest absolute Gasteiger partial charge is 0.251 e. The lowest BCUT2D eigenvalue weighted by molar-refractivity contribution is 0.0903. The van der Waals surface area contributed by atoms with Gasteiger partial charge >= 0.3 is 0 Å². The summed E-state index contributed by atoms with van der Waals surface area (Å²) < 4.78 is 0. The molecule has 1 aromatic rings. The van der Waals surface area contributed by atoms with Crippen molar-refractivity contribution in [2.75, 3.05) is 6.54 Å². The van der Waals surface area contributed by atoms with Gasteiger partial charge in [0.2, 0.25) is 0 Å². The normalized spacial score (nSPS) is 25.2. The van der Waals surface area contributed by atoms with Crippen LogP contribution >= 0.6 is 0 Å². The summed E-state index contributed by atoms with van der Waals surface area (Å²) in [6.45, 7) is 4.10. The third-order valence-corrected chi connectivity index (χ3v) is 5.13. The third kappa shape index (κ3) is 3.13. The average Bonchev–Trinajstić information content (AvgIpc) is 2.54. The second-order valence-electron chi connectivity index (χ2n) is 6.40. The molecule has 3 rings (SSSR count). The first kappa shape index (κ1) is 14.6. The van der Waals surface area contributed by atoms with Crippen molar-refractivity contribution in [3.8, 4) is 0 Å². The number of benzene rings is 1. The zero-order valence-electron chi connectivity index (χ0n) is 13.0. The zero-order valence-corrected chi connectivity index (χ0v) is 13.0. The number of carbonyl (C=O) groups is 1. The summed E-state index contributed by atoms with van der Waals surface area (Å²) in [5, 5.41) is 6.70. The minimum Gasteiger partial charge on any atom is -0.349 e. The number of amides is 1. The molecular weight excluding hydrogens is 260 g/mol. The molecule has 2 unspecified atom stereocenters. The molecular formula is C18H26N2O. The van der Waals surface area contributed by atoms with Crippen LogP contribution in [0.25, 0.3) is 0 Å². The van der Waals surface area contributed by atoms with Gasteiger partial charge in [-0.1, -0.05) is 38.3 Å². The number of hydrogen-bond acceptors (Lipinski definition) is 2. The van der Waals surface area contributed by atoms with E-state index in [0.29, 0.717) is 12.0 Å². The van der Waals surface area contributed by atoms with E-state index < -0.39 is 0 Å². The van der Waals surface area contributed by atoms with E-state index in [4.69, 9.17) is 0 Å². The predicted octanol–water partition coefficient (Wildman–Crippen LogP) is 3.03. The second kappa shape index (κ2) is 6.61. The van der Waals surface area contributed by atoms with Crippen LogP contribution in [0.5, 0.6) is 0 Å². The fourth-order valence-electron chi connectivity index (χ4n) is 3.88. The molecule has 0 bridgehead atoms. The van der Waals surface area contributed by atoms with Crippen LogP contribution in [0.3, 0.4) is 0 Å². The minimum atomic E-state index is 0.138. The Kier molecular flexibility index (Phi) is 4.59. The molecule has 2 atom stereocenters. The maximum absolute atomic E-state index is 12.7. The number of fused-ring (bicyclic) bond motifs is 1. The van der Waals surface area contributed by atoms with E-state index in [1.165, 1.54) is 36.8 Å². The molecule has 1 fully saturated rings. The molecule has 0 aromatic heterocycles. The Morgan fingerprint density at radius 2 is 2.19 bits per heavy atom. The molecule has 0 saturated heterocycles. The quantitative estimate of drug-likeness (QED) is 0.896. The van der Waals surface area contributed by atoms with E-state index in [0.717, 1.165) is 31.5 Å². The van der Waals surface area contributed by atoms with Gasteiger partial charge in [-0.25, -0.2) is 0 Å². The molecule has 114 valence electrons. The topological polar surface area (TPSA) is 41.1 Å². The van der Waals surface area contributed by atoms with Crippen LogP contribution in [0.2, 0.25) is 0 Å². The van der Waals surface area contributed by atoms with Crippen LogP contribution in [0.15, 0.2) is 18.2 Å². The Hall–Kier alpha value is -1.35. The van der Waals surface area contributed by atoms with Gasteiger partial charge in [0.05, 0.1) is 0 Å². The van der Waals surface area contributed by atoms with Crippen molar-refractivity contribution in [1.82, 2.24) is 10.6 Å². The first-order chi connectivity index (χ1) is 10.3. The Morgan fingerprint density at radius 1 is 1.33 bits per heavy atom. The zero-order chi connectivity index (χ0) is 14.7. The van der Waals surface area contributed by atoms with E-state index in [1.54, 1.807) is 0 Å². The molecule has 3 heteroatoms. The summed E-state index contributed by atoms with van der Waals surface area (Å²) in [6, 6.07) is 6.50. The third-order valence-electron chi connectivity index (χ3n) is 5.13. The van der Waals surface area contributed by atoms with Gasteiger partial charge in [0.15, 0.2) is 0 Å². The Balaban J connectivity index is 1.76. The summed E-state index contributed by atoms with van der Waals surface area (Å²) in [6.07, 6.45) is 7.09. The van der Waals surface area contributed by atoms with Crippen LogP contribution in [0.1, 0.15) is 60.5 Å². The maximum atomic E-state index is 12.7. The number of nitrogens with one attached hydrogen (secondary N) is 2. The highest BCUT2D eigenvalue weighted by Crippen LogP contribution is 2.27. The molecule has 3 nitrogen and oxygen atoms in total. The van der Waals surface area contributed by atoms with Crippen molar-refractivity contribution in [2.24, 2.45) is 5.92 Å². The fourth-order valence-corrected chi connectivity index (χ4v) is 3.88. The SMILES string of the molecule is CCC1CCCCC1NC(=O)c1cccc2c1CCNC2. The van der Waals surface area contributed by atoms with Gasteiger partial charge in [0.25, 0.3) is 5.91 Å². The van der Waals surface area contributed by atoms with E-state index in [2.05, 4.69) is 23.6 Å². The molecule has 2 aliphatic rings. The maximum Gasteiger partial charge on any atom is 0.251 e. The Labute approximate surface area is 127 Å². The van der Waals surface area contributed by atoms with E-state index in [9.17, 15) is 4.79 Å². The highest BCUT2D eigenvalue weighted by molar-refractivity contribution is 5.96. The van der Waals surface area contributed by atoms with E-state index in [-0.39, 0.29) is 5.91 Å². The summed E-state index contributed by atoms with van der Waals surface area (Å²) in [5.41, 5.74) is 3.43. The summed E-state index contributed by atoms with van der Waals surface area (Å²) in [5.74, 6) is 0.794. The molecule has 1 aliphatic heterocycles. The number of carbonyl (C=O) groups excluding carboxylic acids is 1. The first-order valence-corrected chi connectivity index (χ1v) is 8.42. The fraction of sp³-hybridized carbons (Fsp3) is 0.611. The van der Waals surface area contributed by atoms with Gasteiger partial charge in [-0.3, -0.25) is 4.79 Å². The molecule has 1 amide bonds. The highest BCUT2D eigenvalue weighted by Gasteiger charge is 2.26. The van der Waals surface area contributed by atoms with Crippen LogP contribution in [0, 0.1) is 5.92 Å². The van der Waals surface area contributed by atoms with Crippen LogP contribution < -0.4 is 10.6 Å². The molecule has 0 radical (unpaired) electrons. The number of hydrogen-bond donors (Lipinski definition) is 2. The number of rotatable bonds is 3. The Bertz CT molecular complexity index is 512.